The Balaban J connectivity index is 0.00000225. The van der Waals surface area contributed by atoms with Gasteiger partial charge in [-0.05, 0) is 68.1 Å². The molecule has 2 fully saturated rings. The molecule has 0 aliphatic carbocycles. The standard InChI is InChI=1S/C22H25FN2O2.ClH/c23-19-6-8-20(9-7-19)25-16-21(27-22(25)26)15-24-12-10-18(11-13-24)14-17-4-2-1-3-5-17;/h1-9,18,21H,10-16H2;1H. The van der Waals surface area contributed by atoms with Crippen LogP contribution >= 0.6 is 12.4 Å². The first kappa shape index (κ1) is 20.6. The first-order chi connectivity index (χ1) is 13.2. The van der Waals surface area contributed by atoms with Crippen molar-refractivity contribution < 1.29 is 13.9 Å². The zero-order valence-electron chi connectivity index (χ0n) is 15.8. The number of cyclic esters (lactones) is 1. The Bertz CT molecular complexity index is 764. The normalized spacial score (nSPS) is 20.7. The quantitative estimate of drug-likeness (QED) is 0.734. The predicted molar refractivity (Wildman–Crippen MR) is 111 cm³/mol. The molecular weight excluding hydrogens is 379 g/mol. The lowest BCUT2D eigenvalue weighted by molar-refractivity contribution is 0.0914. The smallest absolute Gasteiger partial charge is 0.414 e. The van der Waals surface area contributed by atoms with Crippen LogP contribution in [0.25, 0.3) is 0 Å². The van der Waals surface area contributed by atoms with Crippen molar-refractivity contribution in [3.05, 3.63) is 66.0 Å². The van der Waals surface area contributed by atoms with Crippen LogP contribution in [0.3, 0.4) is 0 Å². The Hall–Kier alpha value is -2.11. The van der Waals surface area contributed by atoms with E-state index < -0.39 is 0 Å². The molecule has 4 nitrogen and oxygen atoms in total. The average molecular weight is 405 g/mol. The van der Waals surface area contributed by atoms with Crippen molar-refractivity contribution in [1.29, 1.82) is 0 Å². The van der Waals surface area contributed by atoms with Crippen molar-refractivity contribution in [2.24, 2.45) is 5.92 Å². The van der Waals surface area contributed by atoms with E-state index in [0.717, 1.165) is 32.0 Å². The van der Waals surface area contributed by atoms with E-state index >= 15 is 0 Å². The molecule has 0 N–H and O–H groups in total. The predicted octanol–water partition coefficient (Wildman–Crippen LogP) is 4.53. The molecule has 0 radical (unpaired) electrons. The van der Waals surface area contributed by atoms with Gasteiger partial charge >= 0.3 is 6.09 Å². The van der Waals surface area contributed by atoms with Crippen molar-refractivity contribution in [3.8, 4) is 0 Å². The third-order valence-corrected chi connectivity index (χ3v) is 5.55. The molecule has 1 unspecified atom stereocenters. The Morgan fingerprint density at radius 2 is 1.68 bits per heavy atom. The van der Waals surface area contributed by atoms with Crippen LogP contribution in [0.15, 0.2) is 54.6 Å². The molecule has 0 aromatic heterocycles. The van der Waals surface area contributed by atoms with Gasteiger partial charge in [0.05, 0.1) is 6.54 Å². The van der Waals surface area contributed by atoms with E-state index in [9.17, 15) is 9.18 Å². The molecule has 4 rings (SSSR count). The number of piperidine rings is 1. The fourth-order valence-electron chi connectivity index (χ4n) is 4.06. The number of likely N-dealkylation sites (tertiary alicyclic amines) is 1. The number of nitrogens with zero attached hydrogens (tertiary/aromatic N) is 2. The number of benzene rings is 2. The van der Waals surface area contributed by atoms with Crippen LogP contribution in [0.2, 0.25) is 0 Å². The highest BCUT2D eigenvalue weighted by molar-refractivity contribution is 5.89. The van der Waals surface area contributed by atoms with Crippen molar-refractivity contribution in [3.63, 3.8) is 0 Å². The summed E-state index contributed by atoms with van der Waals surface area (Å²) in [5.41, 5.74) is 2.10. The van der Waals surface area contributed by atoms with Crippen LogP contribution in [0.1, 0.15) is 18.4 Å². The van der Waals surface area contributed by atoms with Crippen molar-refractivity contribution >= 4 is 24.2 Å². The summed E-state index contributed by atoms with van der Waals surface area (Å²) < 4.78 is 18.6. The minimum Gasteiger partial charge on any atom is -0.443 e. The maximum absolute atomic E-state index is 13.1. The number of halogens is 2. The van der Waals surface area contributed by atoms with Gasteiger partial charge in [0.25, 0.3) is 0 Å². The van der Waals surface area contributed by atoms with Gasteiger partial charge in [-0.1, -0.05) is 30.3 Å². The van der Waals surface area contributed by atoms with Gasteiger partial charge in [0.1, 0.15) is 11.9 Å². The molecule has 1 amide bonds. The highest BCUT2D eigenvalue weighted by atomic mass is 35.5. The van der Waals surface area contributed by atoms with Crippen LogP contribution in [-0.2, 0) is 11.2 Å². The molecule has 6 heteroatoms. The van der Waals surface area contributed by atoms with E-state index in [0.29, 0.717) is 12.2 Å². The zero-order chi connectivity index (χ0) is 18.6. The Labute approximate surface area is 171 Å². The van der Waals surface area contributed by atoms with Gasteiger partial charge in [0.2, 0.25) is 0 Å². The lowest BCUT2D eigenvalue weighted by Gasteiger charge is -2.33. The number of hydrogen-bond donors (Lipinski definition) is 0. The first-order valence-corrected chi connectivity index (χ1v) is 9.67. The summed E-state index contributed by atoms with van der Waals surface area (Å²) in [6.45, 7) is 3.38. The molecule has 2 aromatic rings. The van der Waals surface area contributed by atoms with Crippen molar-refractivity contribution in [2.75, 3.05) is 31.1 Å². The van der Waals surface area contributed by atoms with E-state index in [-0.39, 0.29) is 30.4 Å². The SMILES string of the molecule is Cl.O=C1OC(CN2CCC(Cc3ccccc3)CC2)CN1c1ccc(F)cc1. The highest BCUT2D eigenvalue weighted by Gasteiger charge is 2.34. The van der Waals surface area contributed by atoms with Crippen LogP contribution in [0.4, 0.5) is 14.9 Å². The fourth-order valence-corrected chi connectivity index (χ4v) is 4.06. The number of rotatable bonds is 5. The maximum atomic E-state index is 13.1. The second-order valence-electron chi connectivity index (χ2n) is 7.53. The van der Waals surface area contributed by atoms with Gasteiger partial charge in [0, 0.05) is 12.2 Å². The van der Waals surface area contributed by atoms with Gasteiger partial charge in [0.15, 0.2) is 0 Å². The fraction of sp³-hybridized carbons (Fsp3) is 0.409. The van der Waals surface area contributed by atoms with Gasteiger partial charge in [-0.15, -0.1) is 12.4 Å². The topological polar surface area (TPSA) is 32.8 Å². The number of amides is 1. The summed E-state index contributed by atoms with van der Waals surface area (Å²) in [4.78, 5) is 16.1. The van der Waals surface area contributed by atoms with E-state index in [1.54, 1.807) is 17.0 Å². The van der Waals surface area contributed by atoms with Crippen LogP contribution in [-0.4, -0.2) is 43.3 Å². The molecule has 28 heavy (non-hydrogen) atoms. The van der Waals surface area contributed by atoms with Crippen LogP contribution in [0, 0.1) is 11.7 Å². The molecule has 0 saturated carbocycles. The summed E-state index contributed by atoms with van der Waals surface area (Å²) in [5, 5.41) is 0. The molecule has 2 saturated heterocycles. The van der Waals surface area contributed by atoms with Crippen LogP contribution in [0.5, 0.6) is 0 Å². The highest BCUT2D eigenvalue weighted by Crippen LogP contribution is 2.25. The van der Waals surface area contributed by atoms with Crippen molar-refractivity contribution in [1.82, 2.24) is 4.90 Å². The van der Waals surface area contributed by atoms with E-state index in [1.165, 1.54) is 30.5 Å². The molecule has 2 aliphatic heterocycles. The molecule has 0 bridgehead atoms. The Morgan fingerprint density at radius 3 is 2.36 bits per heavy atom. The summed E-state index contributed by atoms with van der Waals surface area (Å²) in [6, 6.07) is 16.6. The maximum Gasteiger partial charge on any atom is 0.414 e. The third-order valence-electron chi connectivity index (χ3n) is 5.55. The molecule has 150 valence electrons. The minimum atomic E-state index is -0.342. The van der Waals surface area contributed by atoms with Gasteiger partial charge in [-0.2, -0.15) is 0 Å². The number of hydrogen-bond acceptors (Lipinski definition) is 3. The minimum absolute atomic E-state index is 0. The second kappa shape index (κ2) is 9.39. The summed E-state index contributed by atoms with van der Waals surface area (Å²) in [5.74, 6) is 0.423. The molecule has 2 aliphatic rings. The molecule has 2 heterocycles. The number of carbonyl (C=O) groups is 1. The van der Waals surface area contributed by atoms with E-state index in [1.807, 2.05) is 0 Å². The largest absolute Gasteiger partial charge is 0.443 e. The van der Waals surface area contributed by atoms with Gasteiger partial charge in [-0.25, -0.2) is 9.18 Å². The monoisotopic (exact) mass is 404 g/mol. The van der Waals surface area contributed by atoms with E-state index in [2.05, 4.69) is 35.2 Å². The lowest BCUT2D eigenvalue weighted by Crippen LogP contribution is -2.40. The number of carbonyl (C=O) groups excluding carboxylic acids is 1. The zero-order valence-corrected chi connectivity index (χ0v) is 16.6. The molecule has 1 atom stereocenters. The number of ether oxygens (including phenoxy) is 1. The van der Waals surface area contributed by atoms with E-state index in [4.69, 9.17) is 4.74 Å². The second-order valence-corrected chi connectivity index (χ2v) is 7.53. The molecule has 2 aromatic carbocycles. The van der Waals surface area contributed by atoms with Crippen LogP contribution < -0.4 is 4.90 Å². The lowest BCUT2D eigenvalue weighted by atomic mass is 9.90. The molecule has 0 spiro atoms. The summed E-state index contributed by atoms with van der Waals surface area (Å²) >= 11 is 0. The Kier molecular flexibility index (Phi) is 6.92. The van der Waals surface area contributed by atoms with Crippen molar-refractivity contribution in [2.45, 2.75) is 25.4 Å². The van der Waals surface area contributed by atoms with Gasteiger partial charge < -0.3 is 4.74 Å². The summed E-state index contributed by atoms with van der Waals surface area (Å²) in [6.07, 6.45) is 3.03. The first-order valence-electron chi connectivity index (χ1n) is 9.67. The Morgan fingerprint density at radius 1 is 1.00 bits per heavy atom. The summed E-state index contributed by atoms with van der Waals surface area (Å²) in [7, 11) is 0. The average Bonchev–Trinajstić information content (AvgIpc) is 3.05. The van der Waals surface area contributed by atoms with Gasteiger partial charge in [-0.3, -0.25) is 9.80 Å². The molecular formula is C22H26ClFN2O2. The third kappa shape index (κ3) is 5.03. The number of anilines is 1.